The van der Waals surface area contributed by atoms with Crippen molar-refractivity contribution in [2.24, 2.45) is 0 Å². The molecule has 310 valence electrons. The lowest BCUT2D eigenvalue weighted by atomic mass is 9.90. The van der Waals surface area contributed by atoms with Crippen LogP contribution in [0.5, 0.6) is 0 Å². The van der Waals surface area contributed by atoms with Crippen molar-refractivity contribution in [1.82, 2.24) is 0 Å². The summed E-state index contributed by atoms with van der Waals surface area (Å²) in [6.45, 7) is 0. The molecule has 0 spiro atoms. The molecule has 0 unspecified atom stereocenters. The minimum atomic E-state index is 0.909. The topological polar surface area (TPSA) is 16.4 Å². The Bertz CT molecular complexity index is 3650. The van der Waals surface area contributed by atoms with Gasteiger partial charge in [-0.2, -0.15) is 0 Å². The first-order chi connectivity index (χ1) is 32.7. The molecule has 66 heavy (non-hydrogen) atoms. The molecule has 0 saturated heterocycles. The monoisotopic (exact) mass is 841 g/mol. The zero-order valence-electron chi connectivity index (χ0n) is 36.2. The van der Waals surface area contributed by atoms with E-state index < -0.39 is 0 Å². The van der Waals surface area contributed by atoms with E-state index in [1.165, 1.54) is 55.3 Å². The van der Waals surface area contributed by atoms with Crippen LogP contribution >= 0.6 is 0 Å². The highest BCUT2D eigenvalue weighted by Gasteiger charge is 2.19. The number of furan rings is 1. The molecule has 0 fully saturated rings. The normalized spacial score (nSPS) is 11.3. The van der Waals surface area contributed by atoms with Crippen LogP contribution in [-0.2, 0) is 0 Å². The van der Waals surface area contributed by atoms with Gasteiger partial charge in [-0.1, -0.05) is 206 Å². The van der Waals surface area contributed by atoms with E-state index in [0.717, 1.165) is 61.3 Å². The predicted octanol–water partition coefficient (Wildman–Crippen LogP) is 18.2. The quantitative estimate of drug-likeness (QED) is 0.144. The number of nitrogens with zero attached hydrogens (tertiary/aromatic N) is 1. The first-order valence-electron chi connectivity index (χ1n) is 22.6. The summed E-state index contributed by atoms with van der Waals surface area (Å²) in [5.41, 5.74) is 19.2. The molecule has 1 aromatic heterocycles. The van der Waals surface area contributed by atoms with Gasteiger partial charge in [-0.05, 0) is 127 Å². The fourth-order valence-electron chi connectivity index (χ4n) is 9.59. The van der Waals surface area contributed by atoms with Gasteiger partial charge in [0.2, 0.25) is 0 Å². The lowest BCUT2D eigenvalue weighted by Gasteiger charge is -2.28. The van der Waals surface area contributed by atoms with Crippen LogP contribution in [0.3, 0.4) is 0 Å². The van der Waals surface area contributed by atoms with E-state index in [-0.39, 0.29) is 0 Å². The second-order valence-corrected chi connectivity index (χ2v) is 16.9. The van der Waals surface area contributed by atoms with Crippen LogP contribution < -0.4 is 4.90 Å². The molecule has 12 aromatic rings. The Balaban J connectivity index is 0.954. The second-order valence-electron chi connectivity index (χ2n) is 16.9. The third-order valence-electron chi connectivity index (χ3n) is 12.9. The van der Waals surface area contributed by atoms with Crippen molar-refractivity contribution in [1.29, 1.82) is 0 Å². The largest absolute Gasteiger partial charge is 0.456 e. The summed E-state index contributed by atoms with van der Waals surface area (Å²) in [5, 5.41) is 4.69. The van der Waals surface area contributed by atoms with Crippen LogP contribution in [-0.4, -0.2) is 0 Å². The summed E-state index contributed by atoms with van der Waals surface area (Å²) in [7, 11) is 0. The van der Waals surface area contributed by atoms with E-state index in [1.54, 1.807) is 0 Å². The van der Waals surface area contributed by atoms with Crippen molar-refractivity contribution >= 4 is 49.8 Å². The molecule has 0 aliphatic rings. The van der Waals surface area contributed by atoms with E-state index in [1.807, 2.05) is 6.07 Å². The summed E-state index contributed by atoms with van der Waals surface area (Å²) >= 11 is 0. The highest BCUT2D eigenvalue weighted by molar-refractivity contribution is 6.19. The van der Waals surface area contributed by atoms with Gasteiger partial charge in [-0.15, -0.1) is 0 Å². The SMILES string of the molecule is c1ccc(-c2ccc(-c3ccc(N(c4ccc(-c5cc(-c6ccc7ccc8oc9ccccc9c8c7c6)ccc5-c5ccccc5)cc4)c4ccccc4-c4ccccc4)cc3)cc2)cc1. The number of benzene rings is 11. The van der Waals surface area contributed by atoms with E-state index >= 15 is 0 Å². The van der Waals surface area contributed by atoms with Crippen LogP contribution in [0.2, 0.25) is 0 Å². The summed E-state index contributed by atoms with van der Waals surface area (Å²) < 4.78 is 6.30. The Labute approximate surface area is 384 Å². The molecule has 0 aliphatic heterocycles. The van der Waals surface area contributed by atoms with Crippen molar-refractivity contribution in [2.45, 2.75) is 0 Å². The third-order valence-corrected chi connectivity index (χ3v) is 12.9. The number of para-hydroxylation sites is 2. The molecule has 12 rings (SSSR count). The van der Waals surface area contributed by atoms with Crippen LogP contribution in [0.25, 0.3) is 99.5 Å². The number of hydrogen-bond acceptors (Lipinski definition) is 2. The van der Waals surface area contributed by atoms with Crippen LogP contribution in [0.15, 0.2) is 265 Å². The zero-order valence-corrected chi connectivity index (χ0v) is 36.2. The van der Waals surface area contributed by atoms with Crippen molar-refractivity contribution in [3.63, 3.8) is 0 Å². The summed E-state index contributed by atoms with van der Waals surface area (Å²) in [5.74, 6) is 0. The molecule has 2 nitrogen and oxygen atoms in total. The molecular formula is C64H43NO. The number of rotatable bonds is 9. The number of fused-ring (bicyclic) bond motifs is 5. The summed E-state index contributed by atoms with van der Waals surface area (Å²) in [4.78, 5) is 2.39. The molecule has 11 aromatic carbocycles. The van der Waals surface area contributed by atoms with Gasteiger partial charge in [-0.3, -0.25) is 0 Å². The Morgan fingerprint density at radius 1 is 0.258 bits per heavy atom. The van der Waals surface area contributed by atoms with Gasteiger partial charge in [0.15, 0.2) is 0 Å². The standard InChI is InChI=1S/C64H43NO/c1-4-14-44(15-5-1)45-24-26-46(27-25-45)47-30-36-54(37-31-47)65(61-22-12-10-20-57(61)49-18-8-3-9-19-49)55-38-32-50(33-39-55)59-42-53(34-40-56(59)48-16-6-2-7-17-48)52-29-28-51-35-41-63-64(60(51)43-52)58-21-11-13-23-62(58)66-63/h1-43H. The van der Waals surface area contributed by atoms with Crippen molar-refractivity contribution in [2.75, 3.05) is 4.90 Å². The summed E-state index contributed by atoms with van der Waals surface area (Å²) in [6.07, 6.45) is 0. The average molecular weight is 842 g/mol. The van der Waals surface area contributed by atoms with E-state index in [2.05, 4.69) is 260 Å². The Hall–Kier alpha value is -8.72. The van der Waals surface area contributed by atoms with Gasteiger partial charge >= 0.3 is 0 Å². The Morgan fingerprint density at radius 3 is 1.38 bits per heavy atom. The van der Waals surface area contributed by atoms with Crippen LogP contribution in [0, 0.1) is 0 Å². The van der Waals surface area contributed by atoms with Crippen LogP contribution in [0.1, 0.15) is 0 Å². The van der Waals surface area contributed by atoms with Gasteiger partial charge in [-0.25, -0.2) is 0 Å². The van der Waals surface area contributed by atoms with E-state index in [0.29, 0.717) is 0 Å². The molecule has 0 aliphatic carbocycles. The molecule has 0 N–H and O–H groups in total. The molecule has 0 atom stereocenters. The molecular weight excluding hydrogens is 799 g/mol. The minimum absolute atomic E-state index is 0.909. The van der Waals surface area contributed by atoms with Gasteiger partial charge in [0.05, 0.1) is 5.69 Å². The number of anilines is 3. The molecule has 2 heteroatoms. The Morgan fingerprint density at radius 2 is 0.712 bits per heavy atom. The fourth-order valence-corrected chi connectivity index (χ4v) is 9.59. The first-order valence-corrected chi connectivity index (χ1v) is 22.6. The van der Waals surface area contributed by atoms with Gasteiger partial charge in [0, 0.05) is 27.7 Å². The first kappa shape index (κ1) is 38.9. The fraction of sp³-hybridized carbons (Fsp3) is 0. The highest BCUT2D eigenvalue weighted by atomic mass is 16.3. The predicted molar refractivity (Wildman–Crippen MR) is 279 cm³/mol. The molecule has 0 saturated carbocycles. The van der Waals surface area contributed by atoms with Crippen molar-refractivity contribution < 1.29 is 4.42 Å². The lowest BCUT2D eigenvalue weighted by Crippen LogP contribution is -2.11. The lowest BCUT2D eigenvalue weighted by molar-refractivity contribution is 0.669. The van der Waals surface area contributed by atoms with Gasteiger partial charge in [0.25, 0.3) is 0 Å². The third kappa shape index (κ3) is 7.21. The summed E-state index contributed by atoms with van der Waals surface area (Å²) in [6, 6.07) is 93.9. The van der Waals surface area contributed by atoms with Crippen LogP contribution in [0.4, 0.5) is 17.1 Å². The van der Waals surface area contributed by atoms with Gasteiger partial charge in [0.1, 0.15) is 11.2 Å². The zero-order chi connectivity index (χ0) is 43.8. The molecule has 0 radical (unpaired) electrons. The molecule has 0 amide bonds. The molecule has 1 heterocycles. The number of hydrogen-bond donors (Lipinski definition) is 0. The molecule has 0 bridgehead atoms. The van der Waals surface area contributed by atoms with E-state index in [4.69, 9.17) is 4.42 Å². The smallest absolute Gasteiger partial charge is 0.136 e. The highest BCUT2D eigenvalue weighted by Crippen LogP contribution is 2.44. The van der Waals surface area contributed by atoms with Crippen molar-refractivity contribution in [3.05, 3.63) is 261 Å². The second kappa shape index (κ2) is 16.8. The minimum Gasteiger partial charge on any atom is -0.456 e. The van der Waals surface area contributed by atoms with Gasteiger partial charge < -0.3 is 9.32 Å². The maximum Gasteiger partial charge on any atom is 0.136 e. The van der Waals surface area contributed by atoms with E-state index in [9.17, 15) is 0 Å². The van der Waals surface area contributed by atoms with Crippen molar-refractivity contribution in [3.8, 4) is 66.8 Å². The maximum absolute atomic E-state index is 6.30. The average Bonchev–Trinajstić information content (AvgIpc) is 3.79. The maximum atomic E-state index is 6.30. The Kier molecular flexibility index (Phi) is 9.89.